The van der Waals surface area contributed by atoms with Crippen LogP contribution >= 0.6 is 0 Å². The van der Waals surface area contributed by atoms with E-state index in [4.69, 9.17) is 0 Å². The molecule has 0 atom stereocenters. The Bertz CT molecular complexity index is 157. The molecule has 0 aromatic carbocycles. The molecule has 0 fully saturated rings. The van der Waals surface area contributed by atoms with E-state index in [9.17, 15) is 9.59 Å². The van der Waals surface area contributed by atoms with Crippen LogP contribution in [0.15, 0.2) is 12.7 Å². The Labute approximate surface area is 71.6 Å². The lowest BCUT2D eigenvalue weighted by Gasteiger charge is -1.95. The summed E-state index contributed by atoms with van der Waals surface area (Å²) in [4.78, 5) is 19.6. The molecule has 5 nitrogen and oxygen atoms in total. The normalized spacial score (nSPS) is 7.17. The molecule has 0 aromatic heterocycles. The van der Waals surface area contributed by atoms with Gasteiger partial charge in [0, 0.05) is 7.05 Å². The Hall–Kier alpha value is -1.52. The number of hydrogen-bond donors (Lipinski definition) is 2. The van der Waals surface area contributed by atoms with Crippen molar-refractivity contribution in [2.24, 2.45) is 5.73 Å². The predicted octanol–water partition coefficient (Wildman–Crippen LogP) is 0.0200. The second-order valence-corrected chi connectivity index (χ2v) is 1.58. The Balaban J connectivity index is 0. The number of primary amides is 1. The third-order valence-electron chi connectivity index (χ3n) is 0.681. The van der Waals surface area contributed by atoms with Gasteiger partial charge in [-0.2, -0.15) is 0 Å². The molecule has 0 rings (SSSR count). The minimum atomic E-state index is -0.481. The van der Waals surface area contributed by atoms with Gasteiger partial charge in [-0.3, -0.25) is 4.79 Å². The molecule has 0 spiro atoms. The van der Waals surface area contributed by atoms with Crippen molar-refractivity contribution < 1.29 is 14.3 Å². The molecule has 0 saturated heterocycles. The van der Waals surface area contributed by atoms with Gasteiger partial charge in [-0.15, -0.1) is 0 Å². The second kappa shape index (κ2) is 9.48. The van der Waals surface area contributed by atoms with E-state index in [-0.39, 0.29) is 6.09 Å². The van der Waals surface area contributed by atoms with Crippen LogP contribution in [0, 0.1) is 0 Å². The Morgan fingerprint density at radius 3 is 2.17 bits per heavy atom. The zero-order valence-corrected chi connectivity index (χ0v) is 7.29. The topological polar surface area (TPSA) is 81.4 Å². The van der Waals surface area contributed by atoms with Crippen molar-refractivity contribution in [1.82, 2.24) is 5.32 Å². The molecule has 3 N–H and O–H groups in total. The molecule has 70 valence electrons. The summed E-state index contributed by atoms with van der Waals surface area (Å²) in [5, 5.41) is 2.30. The molecule has 5 heteroatoms. The van der Waals surface area contributed by atoms with Crippen molar-refractivity contribution in [3.8, 4) is 0 Å². The van der Waals surface area contributed by atoms with Gasteiger partial charge in [-0.1, -0.05) is 6.58 Å². The molecule has 12 heavy (non-hydrogen) atoms. The summed E-state index contributed by atoms with van der Waals surface area (Å²) in [5.41, 5.74) is 4.53. The zero-order chi connectivity index (χ0) is 9.98. The van der Waals surface area contributed by atoms with Gasteiger partial charge in [-0.25, -0.2) is 4.79 Å². The fourth-order valence-corrected chi connectivity index (χ4v) is 0.203. The van der Waals surface area contributed by atoms with E-state index >= 15 is 0 Å². The Morgan fingerprint density at radius 2 is 2.08 bits per heavy atom. The predicted molar refractivity (Wildman–Crippen MR) is 45.5 cm³/mol. The smallest absolute Gasteiger partial charge is 0.406 e. The number of rotatable bonds is 2. The lowest BCUT2D eigenvalue weighted by atomic mass is 10.6. The average Bonchev–Trinajstić information content (AvgIpc) is 2.06. The monoisotopic (exact) mass is 174 g/mol. The minimum absolute atomic E-state index is 0.373. The molecular formula is C7H14N2O3. The van der Waals surface area contributed by atoms with E-state index in [1.54, 1.807) is 6.92 Å². The Kier molecular flexibility index (Phi) is 10.3. The summed E-state index contributed by atoms with van der Waals surface area (Å²) in [5.74, 6) is -0.481. The van der Waals surface area contributed by atoms with Crippen LogP contribution in [-0.4, -0.2) is 25.7 Å². The second-order valence-electron chi connectivity index (χ2n) is 1.58. The van der Waals surface area contributed by atoms with Crippen LogP contribution in [0.2, 0.25) is 0 Å². The van der Waals surface area contributed by atoms with Gasteiger partial charge >= 0.3 is 6.09 Å². The van der Waals surface area contributed by atoms with Gasteiger partial charge in [0.15, 0.2) is 0 Å². The van der Waals surface area contributed by atoms with E-state index < -0.39 is 5.91 Å². The highest BCUT2D eigenvalue weighted by molar-refractivity contribution is 5.84. The van der Waals surface area contributed by atoms with Crippen LogP contribution in [0.4, 0.5) is 4.79 Å². The number of carbonyl (C=O) groups excluding carboxylic acids is 2. The summed E-state index contributed by atoms with van der Waals surface area (Å²) in [6.45, 7) is 5.28. The Morgan fingerprint density at radius 1 is 1.67 bits per heavy atom. The van der Waals surface area contributed by atoms with Crippen LogP contribution in [0.3, 0.4) is 0 Å². The van der Waals surface area contributed by atoms with Crippen LogP contribution in [0.1, 0.15) is 6.92 Å². The minimum Gasteiger partial charge on any atom is -0.450 e. The van der Waals surface area contributed by atoms with Crippen molar-refractivity contribution in [3.63, 3.8) is 0 Å². The average molecular weight is 174 g/mol. The molecule has 0 bridgehead atoms. The van der Waals surface area contributed by atoms with Crippen molar-refractivity contribution >= 4 is 12.0 Å². The van der Waals surface area contributed by atoms with Gasteiger partial charge in [-0.05, 0) is 13.0 Å². The first-order valence-corrected chi connectivity index (χ1v) is 3.34. The third kappa shape index (κ3) is 15.8. The first-order chi connectivity index (χ1) is 5.58. The number of alkyl carbamates (subject to hydrolysis) is 1. The quantitative estimate of drug-likeness (QED) is 0.579. The molecule has 0 radical (unpaired) electrons. The molecule has 0 aliphatic rings. The molecule has 0 aliphatic carbocycles. The van der Waals surface area contributed by atoms with Gasteiger partial charge in [0.2, 0.25) is 5.91 Å². The highest BCUT2D eigenvalue weighted by atomic mass is 16.5. The maximum atomic E-state index is 10.1. The largest absolute Gasteiger partial charge is 0.450 e. The summed E-state index contributed by atoms with van der Waals surface area (Å²) in [6, 6.07) is 0. The first-order valence-electron chi connectivity index (χ1n) is 3.34. The van der Waals surface area contributed by atoms with Gasteiger partial charge in [0.1, 0.15) is 0 Å². The fourth-order valence-electron chi connectivity index (χ4n) is 0.203. The van der Waals surface area contributed by atoms with E-state index in [0.29, 0.717) is 6.61 Å². The lowest BCUT2D eigenvalue weighted by molar-refractivity contribution is -0.113. The summed E-state index contributed by atoms with van der Waals surface area (Å²) in [7, 11) is 1.53. The summed E-state index contributed by atoms with van der Waals surface area (Å²) < 4.78 is 4.44. The molecular weight excluding hydrogens is 160 g/mol. The molecule has 0 aromatic rings. The van der Waals surface area contributed by atoms with Crippen molar-refractivity contribution in [1.29, 1.82) is 0 Å². The fraction of sp³-hybridized carbons (Fsp3) is 0.429. The van der Waals surface area contributed by atoms with Crippen molar-refractivity contribution in [3.05, 3.63) is 12.7 Å². The first kappa shape index (κ1) is 13.1. The molecule has 0 saturated carbocycles. The molecule has 0 aliphatic heterocycles. The third-order valence-corrected chi connectivity index (χ3v) is 0.681. The highest BCUT2D eigenvalue weighted by Crippen LogP contribution is 1.70. The standard InChI is InChI=1S/C4H9NO2.C3H5NO/c1-3-7-4(6)5-2;1-2-3(4)5/h3H2,1-2H3,(H,5,6);2H,1H2,(H2,4,5). The maximum absolute atomic E-state index is 10.1. The van der Waals surface area contributed by atoms with E-state index in [1.807, 2.05) is 0 Å². The number of nitrogens with two attached hydrogens (primary N) is 1. The van der Waals surface area contributed by atoms with E-state index in [0.717, 1.165) is 6.08 Å². The number of carbonyl (C=O) groups is 2. The maximum Gasteiger partial charge on any atom is 0.406 e. The van der Waals surface area contributed by atoms with E-state index in [2.05, 4.69) is 22.4 Å². The van der Waals surface area contributed by atoms with Crippen LogP contribution in [-0.2, 0) is 9.53 Å². The number of amides is 2. The molecule has 2 amide bonds. The van der Waals surface area contributed by atoms with Gasteiger partial charge in [0.05, 0.1) is 6.61 Å². The lowest BCUT2D eigenvalue weighted by Crippen LogP contribution is -2.18. The van der Waals surface area contributed by atoms with Crippen LogP contribution in [0.25, 0.3) is 0 Å². The van der Waals surface area contributed by atoms with Gasteiger partial charge in [0.25, 0.3) is 0 Å². The SMILES string of the molecule is C=CC(N)=O.CCOC(=O)NC. The van der Waals surface area contributed by atoms with E-state index in [1.165, 1.54) is 7.05 Å². The van der Waals surface area contributed by atoms with Crippen LogP contribution < -0.4 is 11.1 Å². The molecule has 0 heterocycles. The summed E-state index contributed by atoms with van der Waals surface area (Å²) >= 11 is 0. The highest BCUT2D eigenvalue weighted by Gasteiger charge is 1.89. The van der Waals surface area contributed by atoms with Gasteiger partial charge < -0.3 is 15.8 Å². The zero-order valence-electron chi connectivity index (χ0n) is 7.29. The van der Waals surface area contributed by atoms with Crippen molar-refractivity contribution in [2.75, 3.05) is 13.7 Å². The molecule has 0 unspecified atom stereocenters. The number of hydrogen-bond acceptors (Lipinski definition) is 3. The van der Waals surface area contributed by atoms with Crippen LogP contribution in [0.5, 0.6) is 0 Å². The number of ether oxygens (including phenoxy) is 1. The van der Waals surface area contributed by atoms with Crippen molar-refractivity contribution in [2.45, 2.75) is 6.92 Å². The number of nitrogens with one attached hydrogen (secondary N) is 1. The summed E-state index contributed by atoms with van der Waals surface area (Å²) in [6.07, 6.45) is 0.683.